The minimum absolute atomic E-state index is 0.109. The molecule has 152 valence electrons. The lowest BCUT2D eigenvalue weighted by atomic mass is 9.68. The van der Waals surface area contributed by atoms with Gasteiger partial charge in [0, 0.05) is 23.5 Å². The van der Waals surface area contributed by atoms with Crippen LogP contribution in [0.15, 0.2) is 72.8 Å². The molecule has 0 saturated heterocycles. The maximum absolute atomic E-state index is 9.76. The lowest BCUT2D eigenvalue weighted by Gasteiger charge is -2.45. The average Bonchev–Trinajstić information content (AvgIpc) is 2.74. The fraction of sp³-hybridized carbons (Fsp3) is 0.308. The van der Waals surface area contributed by atoms with Crippen molar-refractivity contribution in [3.05, 3.63) is 89.5 Å². The summed E-state index contributed by atoms with van der Waals surface area (Å²) < 4.78 is 11.9. The zero-order chi connectivity index (χ0) is 21.0. The van der Waals surface area contributed by atoms with Gasteiger partial charge in [-0.3, -0.25) is 0 Å². The molecule has 0 aliphatic carbocycles. The predicted octanol–water partition coefficient (Wildman–Crippen LogP) is 6.51. The van der Waals surface area contributed by atoms with Crippen LogP contribution in [0.25, 0.3) is 0 Å². The van der Waals surface area contributed by atoms with Crippen molar-refractivity contribution in [3.8, 4) is 17.2 Å². The second-order valence-corrected chi connectivity index (χ2v) is 7.57. The summed E-state index contributed by atoms with van der Waals surface area (Å²) in [7, 11) is 1.67. The van der Waals surface area contributed by atoms with Crippen molar-refractivity contribution in [1.82, 2.24) is 0 Å². The number of benzene rings is 3. The first-order valence-corrected chi connectivity index (χ1v) is 10.2. The molecule has 0 fully saturated rings. The maximum atomic E-state index is 9.76. The van der Waals surface area contributed by atoms with Gasteiger partial charge in [-0.25, -0.2) is 0 Å². The normalized spacial score (nSPS) is 19.2. The SMILES string of the molecule is CC.COc1ccc2c(c1)OC(C)(C)C(c1ccccc1)C2c1ccc(O)cc1. The van der Waals surface area contributed by atoms with Crippen LogP contribution in [-0.4, -0.2) is 17.8 Å². The highest BCUT2D eigenvalue weighted by Crippen LogP contribution is 2.53. The first kappa shape index (κ1) is 20.8. The Labute approximate surface area is 173 Å². The molecule has 0 aromatic heterocycles. The molecule has 3 aromatic carbocycles. The minimum Gasteiger partial charge on any atom is -0.508 e. The lowest BCUT2D eigenvalue weighted by molar-refractivity contribution is 0.0528. The highest BCUT2D eigenvalue weighted by atomic mass is 16.5. The number of fused-ring (bicyclic) bond motifs is 1. The molecule has 4 rings (SSSR count). The topological polar surface area (TPSA) is 38.7 Å². The van der Waals surface area contributed by atoms with Crippen molar-refractivity contribution < 1.29 is 14.6 Å². The molecule has 3 nitrogen and oxygen atoms in total. The van der Waals surface area contributed by atoms with Gasteiger partial charge < -0.3 is 14.6 Å². The third-order valence-corrected chi connectivity index (χ3v) is 5.42. The van der Waals surface area contributed by atoms with E-state index in [0.29, 0.717) is 0 Å². The number of ether oxygens (including phenoxy) is 2. The molecular formula is C26H30O3. The Morgan fingerprint density at radius 1 is 0.862 bits per heavy atom. The minimum atomic E-state index is -0.413. The van der Waals surface area contributed by atoms with Crippen LogP contribution in [0.5, 0.6) is 17.2 Å². The Balaban J connectivity index is 0.00000117. The van der Waals surface area contributed by atoms with E-state index in [-0.39, 0.29) is 17.6 Å². The van der Waals surface area contributed by atoms with Crippen molar-refractivity contribution in [1.29, 1.82) is 0 Å². The van der Waals surface area contributed by atoms with Gasteiger partial charge in [0.15, 0.2) is 0 Å². The summed E-state index contributed by atoms with van der Waals surface area (Å²) >= 11 is 0. The van der Waals surface area contributed by atoms with Crippen molar-refractivity contribution in [2.75, 3.05) is 7.11 Å². The van der Waals surface area contributed by atoms with Gasteiger partial charge in [0.2, 0.25) is 0 Å². The molecule has 1 heterocycles. The average molecular weight is 391 g/mol. The van der Waals surface area contributed by atoms with Crippen LogP contribution >= 0.6 is 0 Å². The zero-order valence-electron chi connectivity index (χ0n) is 17.8. The van der Waals surface area contributed by atoms with E-state index in [1.165, 1.54) is 5.56 Å². The molecule has 3 aromatic rings. The molecule has 0 bridgehead atoms. The van der Waals surface area contributed by atoms with Crippen LogP contribution in [0.4, 0.5) is 0 Å². The highest BCUT2D eigenvalue weighted by molar-refractivity contribution is 5.52. The number of aromatic hydroxyl groups is 1. The third kappa shape index (κ3) is 4.09. The number of phenolic OH excluding ortho intramolecular Hbond substituents is 1. The van der Waals surface area contributed by atoms with Crippen molar-refractivity contribution in [2.24, 2.45) is 0 Å². The van der Waals surface area contributed by atoms with E-state index in [1.54, 1.807) is 19.2 Å². The summed E-state index contributed by atoms with van der Waals surface area (Å²) in [6, 6.07) is 24.1. The number of rotatable bonds is 3. The number of phenols is 1. The van der Waals surface area contributed by atoms with E-state index in [9.17, 15) is 5.11 Å². The fourth-order valence-electron chi connectivity index (χ4n) is 4.22. The molecule has 1 N–H and O–H groups in total. The van der Waals surface area contributed by atoms with Crippen molar-refractivity contribution >= 4 is 0 Å². The molecule has 1 aliphatic rings. The highest BCUT2D eigenvalue weighted by Gasteiger charge is 2.45. The van der Waals surface area contributed by atoms with Crippen LogP contribution in [-0.2, 0) is 0 Å². The zero-order valence-corrected chi connectivity index (χ0v) is 17.8. The lowest BCUT2D eigenvalue weighted by Crippen LogP contribution is -2.43. The van der Waals surface area contributed by atoms with Gasteiger partial charge in [0.25, 0.3) is 0 Å². The van der Waals surface area contributed by atoms with Gasteiger partial charge in [-0.1, -0.05) is 62.4 Å². The van der Waals surface area contributed by atoms with Crippen LogP contribution in [0, 0.1) is 0 Å². The molecule has 2 unspecified atom stereocenters. The molecule has 0 spiro atoms. The number of hydrogen-bond donors (Lipinski definition) is 1. The predicted molar refractivity (Wildman–Crippen MR) is 118 cm³/mol. The summed E-state index contributed by atoms with van der Waals surface area (Å²) in [5.74, 6) is 2.15. The number of hydrogen-bond acceptors (Lipinski definition) is 3. The van der Waals surface area contributed by atoms with Gasteiger partial charge in [0.1, 0.15) is 22.8 Å². The molecule has 0 amide bonds. The van der Waals surface area contributed by atoms with Gasteiger partial charge in [0.05, 0.1) is 7.11 Å². The molecular weight excluding hydrogens is 360 g/mol. The van der Waals surface area contributed by atoms with E-state index in [0.717, 1.165) is 22.6 Å². The van der Waals surface area contributed by atoms with E-state index in [1.807, 2.05) is 44.2 Å². The second kappa shape index (κ2) is 8.60. The summed E-state index contributed by atoms with van der Waals surface area (Å²) in [5, 5.41) is 9.76. The Bertz CT molecular complexity index is 930. The monoisotopic (exact) mass is 390 g/mol. The Morgan fingerprint density at radius 2 is 1.52 bits per heavy atom. The molecule has 0 saturated carbocycles. The van der Waals surface area contributed by atoms with Crippen molar-refractivity contribution in [2.45, 2.75) is 45.1 Å². The van der Waals surface area contributed by atoms with E-state index in [2.05, 4.69) is 44.2 Å². The number of methoxy groups -OCH3 is 1. The molecule has 2 atom stereocenters. The summed E-state index contributed by atoms with van der Waals surface area (Å²) in [6.45, 7) is 8.28. The van der Waals surface area contributed by atoms with Gasteiger partial charge in [-0.15, -0.1) is 0 Å². The van der Waals surface area contributed by atoms with E-state index >= 15 is 0 Å². The Morgan fingerprint density at radius 3 is 2.14 bits per heavy atom. The summed E-state index contributed by atoms with van der Waals surface area (Å²) in [5.41, 5.74) is 3.12. The van der Waals surface area contributed by atoms with Gasteiger partial charge in [-0.05, 0) is 43.2 Å². The molecule has 1 aliphatic heterocycles. The van der Waals surface area contributed by atoms with Crippen LogP contribution in [0.1, 0.15) is 56.2 Å². The Kier molecular flexibility index (Phi) is 6.17. The fourth-order valence-corrected chi connectivity index (χ4v) is 4.22. The molecule has 29 heavy (non-hydrogen) atoms. The quantitative estimate of drug-likeness (QED) is 0.554. The first-order valence-electron chi connectivity index (χ1n) is 10.2. The van der Waals surface area contributed by atoms with Crippen molar-refractivity contribution in [3.63, 3.8) is 0 Å². The first-order chi connectivity index (χ1) is 14.0. The summed E-state index contributed by atoms with van der Waals surface area (Å²) in [6.07, 6.45) is 0. The third-order valence-electron chi connectivity index (χ3n) is 5.42. The molecule has 0 radical (unpaired) electrons. The van der Waals surface area contributed by atoms with Crippen LogP contribution < -0.4 is 9.47 Å². The van der Waals surface area contributed by atoms with Gasteiger partial charge >= 0.3 is 0 Å². The van der Waals surface area contributed by atoms with E-state index < -0.39 is 5.60 Å². The second-order valence-electron chi connectivity index (χ2n) is 7.57. The van der Waals surface area contributed by atoms with Gasteiger partial charge in [-0.2, -0.15) is 0 Å². The summed E-state index contributed by atoms with van der Waals surface area (Å²) in [4.78, 5) is 0. The largest absolute Gasteiger partial charge is 0.508 e. The van der Waals surface area contributed by atoms with E-state index in [4.69, 9.17) is 9.47 Å². The van der Waals surface area contributed by atoms with Crippen LogP contribution in [0.3, 0.4) is 0 Å². The maximum Gasteiger partial charge on any atom is 0.127 e. The standard InChI is InChI=1S/C24H24O3.C2H6/c1-24(2)23(17-7-5-4-6-8-17)22(16-9-11-18(25)12-10-16)20-14-13-19(26-3)15-21(20)27-24;1-2/h4-15,22-23,25H,1-3H3;1-2H3. The smallest absolute Gasteiger partial charge is 0.127 e. The van der Waals surface area contributed by atoms with Crippen LogP contribution in [0.2, 0.25) is 0 Å². The Hall–Kier alpha value is -2.94. The molecule has 3 heteroatoms.